The van der Waals surface area contributed by atoms with Gasteiger partial charge in [-0.3, -0.25) is 4.90 Å². The molecule has 0 spiro atoms. The third-order valence-electron chi connectivity index (χ3n) is 8.72. The Bertz CT molecular complexity index is 859. The number of halogens is 1. The van der Waals surface area contributed by atoms with Gasteiger partial charge in [0.1, 0.15) is 12.1 Å². The SMILES string of the molecule is Clc1ccc(CNC2=C[N+](CCN3CCOCC3)(C34CC5CC(CC(C5)C3)C4)N=N2)cc1. The molecule has 2 aliphatic heterocycles. The number of morpholine rings is 1. The second-order valence-electron chi connectivity index (χ2n) is 10.8. The number of hydrogen-bond acceptors (Lipinski definition) is 5. The molecule has 1 N–H and O–H groups in total. The zero-order valence-corrected chi connectivity index (χ0v) is 19.6. The van der Waals surface area contributed by atoms with Crippen LogP contribution in [0, 0.1) is 17.8 Å². The molecule has 6 aliphatic rings. The largest absolute Gasteiger partial charge is 0.379 e. The first-order valence-corrected chi connectivity index (χ1v) is 12.8. The van der Waals surface area contributed by atoms with Crippen molar-refractivity contribution in [2.75, 3.05) is 39.4 Å². The van der Waals surface area contributed by atoms with Gasteiger partial charge in [-0.1, -0.05) is 28.8 Å². The van der Waals surface area contributed by atoms with Crippen LogP contribution in [0.3, 0.4) is 0 Å². The van der Waals surface area contributed by atoms with Crippen LogP contribution in [0.15, 0.2) is 46.6 Å². The highest BCUT2D eigenvalue weighted by Gasteiger charge is 2.63. The monoisotopic (exact) mass is 456 g/mol. The Kier molecular flexibility index (Phi) is 5.53. The lowest BCUT2D eigenvalue weighted by Gasteiger charge is -2.59. The van der Waals surface area contributed by atoms with E-state index in [4.69, 9.17) is 26.7 Å². The van der Waals surface area contributed by atoms with Crippen LogP contribution in [0.2, 0.25) is 5.02 Å². The molecule has 32 heavy (non-hydrogen) atoms. The summed E-state index contributed by atoms with van der Waals surface area (Å²) in [7, 11) is 0. The summed E-state index contributed by atoms with van der Waals surface area (Å²) < 4.78 is 6.28. The van der Waals surface area contributed by atoms with Crippen molar-refractivity contribution in [3.63, 3.8) is 0 Å². The van der Waals surface area contributed by atoms with Crippen LogP contribution in [0.4, 0.5) is 0 Å². The molecule has 1 aromatic rings. The minimum atomic E-state index is 0.244. The molecule has 172 valence electrons. The number of quaternary nitrogens is 1. The van der Waals surface area contributed by atoms with Crippen molar-refractivity contribution in [2.24, 2.45) is 28.1 Å². The zero-order chi connectivity index (χ0) is 21.6. The standard InChI is InChI=1S/C25H35ClN5O/c26-23-3-1-19(2-4-23)17-27-24-18-31(29-28-24,8-5-30-6-9-32-10-7-30)25-14-20-11-21(15-25)13-22(12-20)16-25/h1-4,18,20-22,27H,5-17H2/q+1. The number of benzene rings is 1. The maximum atomic E-state index is 6.05. The van der Waals surface area contributed by atoms with E-state index in [0.717, 1.165) is 74.5 Å². The molecule has 1 atom stereocenters. The number of rotatable bonds is 7. The van der Waals surface area contributed by atoms with E-state index in [9.17, 15) is 0 Å². The molecule has 0 aromatic heterocycles. The lowest BCUT2D eigenvalue weighted by Crippen LogP contribution is -2.66. The first kappa shape index (κ1) is 21.1. The number of ether oxygens (including phenoxy) is 1. The van der Waals surface area contributed by atoms with E-state index in [1.54, 1.807) is 0 Å². The van der Waals surface area contributed by atoms with E-state index in [1.165, 1.54) is 44.1 Å². The maximum Gasteiger partial charge on any atom is 0.210 e. The lowest BCUT2D eigenvalue weighted by molar-refractivity contribution is -0.944. The first-order chi connectivity index (χ1) is 15.6. The molecule has 4 saturated carbocycles. The summed E-state index contributed by atoms with van der Waals surface area (Å²) >= 11 is 6.05. The van der Waals surface area contributed by atoms with Gasteiger partial charge < -0.3 is 10.1 Å². The molecule has 6 nitrogen and oxygen atoms in total. The maximum absolute atomic E-state index is 6.05. The molecule has 0 radical (unpaired) electrons. The summed E-state index contributed by atoms with van der Waals surface area (Å²) in [6.07, 6.45) is 10.7. The number of hydrogen-bond donors (Lipinski definition) is 1. The van der Waals surface area contributed by atoms with Crippen molar-refractivity contribution in [3.05, 3.63) is 46.9 Å². The molecule has 4 bridgehead atoms. The van der Waals surface area contributed by atoms with Gasteiger partial charge in [0.2, 0.25) is 5.82 Å². The summed E-state index contributed by atoms with van der Waals surface area (Å²) in [6.45, 7) is 6.58. The lowest BCUT2D eigenvalue weighted by atomic mass is 9.52. The molecule has 1 unspecified atom stereocenters. The second-order valence-corrected chi connectivity index (χ2v) is 11.3. The Morgan fingerprint density at radius 3 is 2.34 bits per heavy atom. The predicted octanol–water partition coefficient (Wildman–Crippen LogP) is 4.73. The Balaban J connectivity index is 1.24. The molecular weight excluding hydrogens is 422 g/mol. The average molecular weight is 457 g/mol. The Morgan fingerprint density at radius 1 is 1.03 bits per heavy atom. The van der Waals surface area contributed by atoms with Gasteiger partial charge in [0.15, 0.2) is 6.20 Å². The van der Waals surface area contributed by atoms with Crippen LogP contribution in [0.1, 0.15) is 44.1 Å². The van der Waals surface area contributed by atoms with E-state index in [0.29, 0.717) is 4.59 Å². The van der Waals surface area contributed by atoms with Crippen molar-refractivity contribution in [2.45, 2.75) is 50.6 Å². The molecule has 1 aromatic carbocycles. The molecule has 7 heteroatoms. The van der Waals surface area contributed by atoms with Crippen LogP contribution < -0.4 is 5.32 Å². The van der Waals surface area contributed by atoms with Gasteiger partial charge in [-0.25, -0.2) is 0 Å². The summed E-state index contributed by atoms with van der Waals surface area (Å²) in [4.78, 5) is 2.55. The van der Waals surface area contributed by atoms with Crippen LogP contribution in [-0.4, -0.2) is 54.4 Å². The van der Waals surface area contributed by atoms with Gasteiger partial charge in [0.25, 0.3) is 0 Å². The Morgan fingerprint density at radius 2 is 1.69 bits per heavy atom. The van der Waals surface area contributed by atoms with Gasteiger partial charge in [-0.15, -0.1) is 4.59 Å². The smallest absolute Gasteiger partial charge is 0.210 e. The van der Waals surface area contributed by atoms with Crippen LogP contribution in [0.5, 0.6) is 0 Å². The van der Waals surface area contributed by atoms with E-state index >= 15 is 0 Å². The minimum Gasteiger partial charge on any atom is -0.379 e. The molecule has 4 aliphatic carbocycles. The minimum absolute atomic E-state index is 0.244. The predicted molar refractivity (Wildman–Crippen MR) is 125 cm³/mol. The number of nitrogens with one attached hydrogen (secondary N) is 1. The van der Waals surface area contributed by atoms with Crippen molar-refractivity contribution in [3.8, 4) is 0 Å². The summed E-state index contributed by atoms with van der Waals surface area (Å²) in [5.74, 6) is 3.62. The second kappa shape index (κ2) is 8.39. The van der Waals surface area contributed by atoms with Crippen molar-refractivity contribution in [1.29, 1.82) is 0 Å². The quantitative estimate of drug-likeness (QED) is 0.603. The fourth-order valence-electron chi connectivity index (χ4n) is 7.49. The van der Waals surface area contributed by atoms with Crippen molar-refractivity contribution in [1.82, 2.24) is 10.2 Å². The first-order valence-electron chi connectivity index (χ1n) is 12.4. The molecule has 5 fully saturated rings. The van der Waals surface area contributed by atoms with E-state index in [-0.39, 0.29) is 5.54 Å². The fraction of sp³-hybridized carbons (Fsp3) is 0.680. The Hall–Kier alpha value is -1.47. The average Bonchev–Trinajstić information content (AvgIpc) is 3.23. The van der Waals surface area contributed by atoms with Crippen LogP contribution in [-0.2, 0) is 11.3 Å². The van der Waals surface area contributed by atoms with Gasteiger partial charge in [-0.05, 0) is 54.7 Å². The van der Waals surface area contributed by atoms with Crippen molar-refractivity contribution >= 4 is 11.6 Å². The van der Waals surface area contributed by atoms with Crippen LogP contribution >= 0.6 is 11.6 Å². The Labute approximate surface area is 196 Å². The highest BCUT2D eigenvalue weighted by Crippen LogP contribution is 2.60. The highest BCUT2D eigenvalue weighted by molar-refractivity contribution is 6.30. The molecular formula is C25H35ClN5O+. The van der Waals surface area contributed by atoms with E-state index in [1.807, 2.05) is 12.1 Å². The summed E-state index contributed by atoms with van der Waals surface area (Å²) in [5.41, 5.74) is 1.45. The topological polar surface area (TPSA) is 49.2 Å². The fourth-order valence-corrected chi connectivity index (χ4v) is 7.62. The van der Waals surface area contributed by atoms with Gasteiger partial charge >= 0.3 is 0 Å². The molecule has 0 amide bonds. The third-order valence-corrected chi connectivity index (χ3v) is 8.97. The zero-order valence-electron chi connectivity index (χ0n) is 18.9. The summed E-state index contributed by atoms with van der Waals surface area (Å²) in [6, 6.07) is 8.03. The normalized spacial score (nSPS) is 38.3. The molecule has 7 rings (SSSR count). The number of nitrogens with zero attached hydrogens (tertiary/aromatic N) is 4. The summed E-state index contributed by atoms with van der Waals surface area (Å²) in [5, 5.41) is 14.1. The van der Waals surface area contributed by atoms with Crippen LogP contribution in [0.25, 0.3) is 0 Å². The van der Waals surface area contributed by atoms with Gasteiger partial charge in [0, 0.05) is 49.1 Å². The van der Waals surface area contributed by atoms with Gasteiger partial charge in [0.05, 0.1) is 19.8 Å². The molecule has 2 heterocycles. The van der Waals surface area contributed by atoms with E-state index in [2.05, 4.69) is 28.5 Å². The van der Waals surface area contributed by atoms with Crippen molar-refractivity contribution < 1.29 is 9.33 Å². The van der Waals surface area contributed by atoms with Gasteiger partial charge in [-0.2, -0.15) is 0 Å². The highest BCUT2D eigenvalue weighted by atomic mass is 35.5. The van der Waals surface area contributed by atoms with E-state index < -0.39 is 0 Å². The third kappa shape index (κ3) is 3.89. The molecule has 1 saturated heterocycles.